The van der Waals surface area contributed by atoms with Crippen molar-refractivity contribution in [3.05, 3.63) is 69.4 Å². The third kappa shape index (κ3) is 3.76. The fraction of sp³-hybridized carbons (Fsp3) is 0.200. The second-order valence-electron chi connectivity index (χ2n) is 6.58. The average Bonchev–Trinajstić information content (AvgIpc) is 3.34. The molecule has 3 aromatic rings. The quantitative estimate of drug-likeness (QED) is 0.459. The van der Waals surface area contributed by atoms with E-state index in [1.165, 1.54) is 21.6 Å². The lowest BCUT2D eigenvalue weighted by molar-refractivity contribution is -0.122. The zero-order chi connectivity index (χ0) is 21.3. The molecule has 0 unspecified atom stereocenters. The van der Waals surface area contributed by atoms with Crippen LogP contribution in [0.25, 0.3) is 11.7 Å². The number of aliphatic hydroxyl groups excluding tert-OH is 1. The number of pyridine rings is 1. The Bertz CT molecular complexity index is 1200. The van der Waals surface area contributed by atoms with E-state index in [9.17, 15) is 14.7 Å². The highest BCUT2D eigenvalue weighted by atomic mass is 32.2. The summed E-state index contributed by atoms with van der Waals surface area (Å²) in [5.41, 5.74) is 0.426. The molecule has 1 N–H and O–H groups in total. The summed E-state index contributed by atoms with van der Waals surface area (Å²) in [4.78, 5) is 34.2. The number of aromatic nitrogens is 2. The highest BCUT2D eigenvalue weighted by Crippen LogP contribution is 2.34. The van der Waals surface area contributed by atoms with Gasteiger partial charge in [-0.1, -0.05) is 30.0 Å². The maximum Gasteiger partial charge on any atom is 0.267 e. The average molecular weight is 443 g/mol. The molecule has 1 fully saturated rings. The number of rotatable bonds is 6. The molecule has 4 rings (SSSR count). The van der Waals surface area contributed by atoms with Crippen LogP contribution < -0.4 is 10.5 Å². The molecule has 154 valence electrons. The van der Waals surface area contributed by atoms with E-state index < -0.39 is 0 Å². The maximum absolute atomic E-state index is 13.2. The molecule has 0 aliphatic carbocycles. The summed E-state index contributed by atoms with van der Waals surface area (Å²) >= 11 is 6.49. The zero-order valence-electron chi connectivity index (χ0n) is 16.0. The normalized spacial score (nSPS) is 15.5. The van der Waals surface area contributed by atoms with Crippen LogP contribution in [0.3, 0.4) is 0 Å². The fourth-order valence-corrected chi connectivity index (χ4v) is 4.33. The van der Waals surface area contributed by atoms with Gasteiger partial charge in [0.05, 0.1) is 29.9 Å². The van der Waals surface area contributed by atoms with E-state index in [4.69, 9.17) is 16.6 Å². The summed E-state index contributed by atoms with van der Waals surface area (Å²) in [5.74, 6) is 0.703. The van der Waals surface area contributed by atoms with Crippen molar-refractivity contribution in [2.45, 2.75) is 6.54 Å². The first-order valence-electron chi connectivity index (χ1n) is 9.10. The number of nitrogens with zero attached hydrogens (tertiary/aromatic N) is 4. The summed E-state index contributed by atoms with van der Waals surface area (Å²) in [6, 6.07) is 8.76. The lowest BCUT2D eigenvalue weighted by Crippen LogP contribution is -2.29. The lowest BCUT2D eigenvalue weighted by atomic mass is 10.2. The van der Waals surface area contributed by atoms with Gasteiger partial charge in [-0.2, -0.15) is 0 Å². The summed E-state index contributed by atoms with van der Waals surface area (Å²) in [6.45, 7) is 0.411. The Balaban J connectivity index is 1.78. The molecule has 4 heterocycles. The Morgan fingerprint density at radius 3 is 2.87 bits per heavy atom. The van der Waals surface area contributed by atoms with Crippen LogP contribution in [-0.4, -0.2) is 49.8 Å². The minimum atomic E-state index is -0.309. The molecule has 1 aliphatic heterocycles. The molecule has 0 bridgehead atoms. The number of fused-ring (bicyclic) bond motifs is 1. The van der Waals surface area contributed by atoms with E-state index in [0.29, 0.717) is 26.5 Å². The molecule has 1 amide bonds. The summed E-state index contributed by atoms with van der Waals surface area (Å²) in [5, 5.41) is 9.33. The van der Waals surface area contributed by atoms with Gasteiger partial charge >= 0.3 is 0 Å². The van der Waals surface area contributed by atoms with Crippen molar-refractivity contribution in [3.8, 4) is 0 Å². The highest BCUT2D eigenvalue weighted by molar-refractivity contribution is 8.26. The number of amides is 1. The molecule has 30 heavy (non-hydrogen) atoms. The smallest absolute Gasteiger partial charge is 0.267 e. The van der Waals surface area contributed by atoms with Gasteiger partial charge in [0.1, 0.15) is 21.5 Å². The Hall–Kier alpha value is -2.95. The van der Waals surface area contributed by atoms with Crippen molar-refractivity contribution in [1.82, 2.24) is 14.3 Å². The predicted molar refractivity (Wildman–Crippen MR) is 119 cm³/mol. The van der Waals surface area contributed by atoms with E-state index in [1.807, 2.05) is 0 Å². The van der Waals surface area contributed by atoms with Gasteiger partial charge in [-0.05, 0) is 30.3 Å². The molecule has 0 saturated carbocycles. The third-order valence-electron chi connectivity index (χ3n) is 4.59. The standard InChI is InChI=1S/C20H18N4O4S2/c1-22(8-9-25)17-14(18(26)23-7-3-2-6-16(23)21-17)11-15-19(27)24(20(29)30-15)12-13-5-4-10-28-13/h2-7,10-11,25H,8-9,12H2,1H3/b15-11-. The molecule has 1 aliphatic rings. The van der Waals surface area contributed by atoms with E-state index in [0.717, 1.165) is 11.8 Å². The van der Waals surface area contributed by atoms with Crippen LogP contribution in [-0.2, 0) is 11.3 Å². The minimum Gasteiger partial charge on any atom is -0.467 e. The van der Waals surface area contributed by atoms with Gasteiger partial charge in [0.25, 0.3) is 11.5 Å². The van der Waals surface area contributed by atoms with Crippen LogP contribution >= 0.6 is 24.0 Å². The third-order valence-corrected chi connectivity index (χ3v) is 5.97. The number of hydrogen-bond acceptors (Lipinski definition) is 8. The van der Waals surface area contributed by atoms with Gasteiger partial charge in [-0.15, -0.1) is 0 Å². The van der Waals surface area contributed by atoms with Crippen LogP contribution in [0.2, 0.25) is 0 Å². The molecule has 0 radical (unpaired) electrons. The number of carbonyl (C=O) groups is 1. The number of aliphatic hydroxyl groups is 1. The van der Waals surface area contributed by atoms with Gasteiger partial charge < -0.3 is 14.4 Å². The summed E-state index contributed by atoms with van der Waals surface area (Å²) in [6.07, 6.45) is 4.69. The van der Waals surface area contributed by atoms with Crippen molar-refractivity contribution in [2.75, 3.05) is 25.1 Å². The Kier molecular flexibility index (Phi) is 5.71. The number of carbonyl (C=O) groups excluding carboxylic acids is 1. The summed E-state index contributed by atoms with van der Waals surface area (Å²) < 4.78 is 7.13. The van der Waals surface area contributed by atoms with Gasteiger partial charge in [-0.25, -0.2) is 4.98 Å². The van der Waals surface area contributed by atoms with Gasteiger partial charge in [-0.3, -0.25) is 18.9 Å². The van der Waals surface area contributed by atoms with Crippen molar-refractivity contribution < 1.29 is 14.3 Å². The number of thiocarbonyl (C=S) groups is 1. The molecule has 8 nitrogen and oxygen atoms in total. The number of anilines is 1. The first-order valence-corrected chi connectivity index (χ1v) is 10.3. The fourth-order valence-electron chi connectivity index (χ4n) is 3.09. The molecule has 0 spiro atoms. The minimum absolute atomic E-state index is 0.100. The van der Waals surface area contributed by atoms with Crippen LogP contribution in [0.1, 0.15) is 11.3 Å². The molecule has 10 heteroatoms. The second kappa shape index (κ2) is 8.42. The van der Waals surface area contributed by atoms with Crippen molar-refractivity contribution in [2.24, 2.45) is 0 Å². The first kappa shape index (κ1) is 20.3. The van der Waals surface area contributed by atoms with Gasteiger partial charge in [0.2, 0.25) is 0 Å². The van der Waals surface area contributed by atoms with Gasteiger partial charge in [0, 0.05) is 19.8 Å². The van der Waals surface area contributed by atoms with Crippen molar-refractivity contribution in [3.63, 3.8) is 0 Å². The molecular weight excluding hydrogens is 424 g/mol. The SMILES string of the molecule is CN(CCO)c1nc2ccccn2c(=O)c1/C=C1\SC(=S)N(Cc2ccco2)C1=O. The lowest BCUT2D eigenvalue weighted by Gasteiger charge is -2.19. The van der Waals surface area contributed by atoms with Crippen molar-refractivity contribution >= 4 is 51.7 Å². The summed E-state index contributed by atoms with van der Waals surface area (Å²) in [7, 11) is 1.73. The number of hydrogen-bond donors (Lipinski definition) is 1. The number of likely N-dealkylation sites (N-methyl/N-ethyl adjacent to an activating group) is 1. The predicted octanol–water partition coefficient (Wildman–Crippen LogP) is 2.12. The van der Waals surface area contributed by atoms with E-state index >= 15 is 0 Å². The highest BCUT2D eigenvalue weighted by Gasteiger charge is 2.33. The molecule has 1 saturated heterocycles. The number of furan rings is 1. The zero-order valence-corrected chi connectivity index (χ0v) is 17.7. The monoisotopic (exact) mass is 442 g/mol. The largest absolute Gasteiger partial charge is 0.467 e. The molecular formula is C20H18N4O4S2. The second-order valence-corrected chi connectivity index (χ2v) is 8.25. The van der Waals surface area contributed by atoms with E-state index in [1.54, 1.807) is 48.5 Å². The van der Waals surface area contributed by atoms with E-state index in [2.05, 4.69) is 4.98 Å². The Morgan fingerprint density at radius 2 is 2.13 bits per heavy atom. The molecule has 3 aromatic heterocycles. The van der Waals surface area contributed by atoms with Crippen LogP contribution in [0, 0.1) is 0 Å². The van der Waals surface area contributed by atoms with Crippen LogP contribution in [0.15, 0.2) is 56.9 Å². The number of thioether (sulfide) groups is 1. The Morgan fingerprint density at radius 1 is 1.30 bits per heavy atom. The maximum atomic E-state index is 13.2. The van der Waals surface area contributed by atoms with Crippen molar-refractivity contribution in [1.29, 1.82) is 0 Å². The van der Waals surface area contributed by atoms with Gasteiger partial charge in [0.15, 0.2) is 0 Å². The van der Waals surface area contributed by atoms with Crippen LogP contribution in [0.5, 0.6) is 0 Å². The van der Waals surface area contributed by atoms with Crippen LogP contribution in [0.4, 0.5) is 5.82 Å². The molecule has 0 aromatic carbocycles. The van der Waals surface area contributed by atoms with E-state index in [-0.39, 0.29) is 36.7 Å². The molecule has 0 atom stereocenters. The first-order chi connectivity index (χ1) is 14.5. The Labute approximate surface area is 181 Å². The topological polar surface area (TPSA) is 91.3 Å².